The van der Waals surface area contributed by atoms with Gasteiger partial charge in [0.1, 0.15) is 11.8 Å². The summed E-state index contributed by atoms with van der Waals surface area (Å²) in [7, 11) is 0. The minimum atomic E-state index is -1.36. The van der Waals surface area contributed by atoms with Gasteiger partial charge in [-0.25, -0.2) is 0 Å². The van der Waals surface area contributed by atoms with E-state index in [2.05, 4.69) is 5.32 Å². The number of aliphatic hydroxyl groups is 2. The first-order valence-corrected chi connectivity index (χ1v) is 7.47. The van der Waals surface area contributed by atoms with Crippen molar-refractivity contribution in [1.29, 1.82) is 0 Å². The molecule has 2 aromatic rings. The summed E-state index contributed by atoms with van der Waals surface area (Å²) < 4.78 is 0. The van der Waals surface area contributed by atoms with E-state index in [9.17, 15) is 40.6 Å². The summed E-state index contributed by atoms with van der Waals surface area (Å²) in [4.78, 5) is 30.4. The van der Waals surface area contributed by atoms with Crippen molar-refractivity contribution in [3.63, 3.8) is 0 Å². The van der Waals surface area contributed by atoms with Gasteiger partial charge in [0.15, 0.2) is 0 Å². The first kappa shape index (κ1) is 19.7. The predicted molar refractivity (Wildman–Crippen MR) is 92.3 cm³/mol. The molecule has 0 radical (unpaired) electrons. The molecule has 2 aromatic carbocycles. The van der Waals surface area contributed by atoms with Crippen LogP contribution in [0.3, 0.4) is 0 Å². The second-order valence-electron chi connectivity index (χ2n) is 5.44. The molecule has 27 heavy (non-hydrogen) atoms. The molecule has 142 valence electrons. The molecule has 0 saturated heterocycles. The smallest absolute Gasteiger partial charge is 0.299 e. The minimum absolute atomic E-state index is 0.134. The van der Waals surface area contributed by atoms with Gasteiger partial charge < -0.3 is 15.5 Å². The number of anilines is 1. The van der Waals surface area contributed by atoms with Crippen molar-refractivity contribution in [2.24, 2.45) is 0 Å². The third-order valence-corrected chi connectivity index (χ3v) is 3.75. The summed E-state index contributed by atoms with van der Waals surface area (Å²) >= 11 is 0. The van der Waals surface area contributed by atoms with E-state index in [1.165, 1.54) is 24.3 Å². The van der Waals surface area contributed by atoms with Crippen LogP contribution in [0.4, 0.5) is 22.7 Å². The number of rotatable bonds is 8. The van der Waals surface area contributed by atoms with Gasteiger partial charge >= 0.3 is 0 Å². The molecule has 0 spiro atoms. The highest BCUT2D eigenvalue weighted by molar-refractivity contribution is 5.65. The third-order valence-electron chi connectivity index (χ3n) is 3.75. The van der Waals surface area contributed by atoms with Crippen LogP contribution in [0.5, 0.6) is 0 Å². The van der Waals surface area contributed by atoms with Crippen LogP contribution in [0.25, 0.3) is 0 Å². The van der Waals surface area contributed by atoms with Crippen molar-refractivity contribution in [3.8, 4) is 0 Å². The molecule has 0 aliphatic rings. The molecule has 2 rings (SSSR count). The largest absolute Gasteiger partial charge is 0.394 e. The zero-order valence-electron chi connectivity index (χ0n) is 13.6. The van der Waals surface area contributed by atoms with Crippen LogP contribution in [0.2, 0.25) is 0 Å². The Morgan fingerprint density at radius 3 is 1.93 bits per heavy atom. The van der Waals surface area contributed by atoms with Crippen LogP contribution < -0.4 is 5.32 Å². The van der Waals surface area contributed by atoms with E-state index in [0.29, 0.717) is 0 Å². The molecule has 0 aliphatic carbocycles. The van der Waals surface area contributed by atoms with E-state index in [0.717, 1.165) is 18.2 Å². The van der Waals surface area contributed by atoms with E-state index in [1.54, 1.807) is 0 Å². The Morgan fingerprint density at radius 2 is 1.44 bits per heavy atom. The first-order valence-electron chi connectivity index (χ1n) is 7.47. The highest BCUT2D eigenvalue weighted by Gasteiger charge is 2.26. The summed E-state index contributed by atoms with van der Waals surface area (Å²) in [5, 5.41) is 55.1. The number of non-ortho nitro benzene ring substituents is 2. The second kappa shape index (κ2) is 8.16. The number of nitrogens with one attached hydrogen (secondary N) is 1. The number of nitrogens with zero attached hydrogens (tertiary/aromatic N) is 3. The Balaban J connectivity index is 2.29. The molecular formula is C15H14N4O8. The Hall–Kier alpha value is -3.64. The summed E-state index contributed by atoms with van der Waals surface area (Å²) in [5.41, 5.74) is -1.17. The Bertz CT molecular complexity index is 871. The lowest BCUT2D eigenvalue weighted by molar-refractivity contribution is -0.393. The average Bonchev–Trinajstić information content (AvgIpc) is 2.65. The van der Waals surface area contributed by atoms with E-state index in [4.69, 9.17) is 0 Å². The van der Waals surface area contributed by atoms with Crippen LogP contribution in [-0.2, 0) is 0 Å². The van der Waals surface area contributed by atoms with Gasteiger partial charge in [0.05, 0.1) is 33.5 Å². The topological polar surface area (TPSA) is 182 Å². The van der Waals surface area contributed by atoms with Crippen molar-refractivity contribution in [3.05, 3.63) is 78.4 Å². The maximum atomic E-state index is 11.2. The van der Waals surface area contributed by atoms with Crippen molar-refractivity contribution < 1.29 is 25.0 Å². The average molecular weight is 378 g/mol. The minimum Gasteiger partial charge on any atom is -0.394 e. The number of hydrogen-bond acceptors (Lipinski definition) is 9. The normalized spacial score (nSPS) is 12.8. The molecule has 0 heterocycles. The van der Waals surface area contributed by atoms with Gasteiger partial charge in [0.25, 0.3) is 17.1 Å². The van der Waals surface area contributed by atoms with E-state index < -0.39 is 44.9 Å². The number of benzene rings is 2. The molecule has 2 atom stereocenters. The van der Waals surface area contributed by atoms with E-state index >= 15 is 0 Å². The summed E-state index contributed by atoms with van der Waals surface area (Å²) in [6.45, 7) is -0.633. The molecular weight excluding hydrogens is 364 g/mol. The lowest BCUT2D eigenvalue weighted by atomic mass is 10.0. The molecule has 0 aromatic heterocycles. The Kier molecular flexibility index (Phi) is 5.95. The fraction of sp³-hybridized carbons (Fsp3) is 0.200. The molecule has 12 nitrogen and oxygen atoms in total. The lowest BCUT2D eigenvalue weighted by Gasteiger charge is -2.23. The van der Waals surface area contributed by atoms with Crippen LogP contribution in [0.1, 0.15) is 11.7 Å². The maximum Gasteiger partial charge on any atom is 0.299 e. The van der Waals surface area contributed by atoms with Crippen LogP contribution in [0, 0.1) is 30.3 Å². The Morgan fingerprint density at radius 1 is 0.889 bits per heavy atom. The van der Waals surface area contributed by atoms with E-state index in [1.807, 2.05) is 0 Å². The number of nitro benzene ring substituents is 3. The van der Waals surface area contributed by atoms with Crippen molar-refractivity contribution in [2.75, 3.05) is 11.9 Å². The molecule has 3 N–H and O–H groups in total. The standard InChI is InChI=1S/C15H14N4O8/c20-8-13(15(21)9-1-3-10(4-2-9)17(22)23)16-12-6-5-11(18(24)25)7-14(12)19(26)27/h1-7,13,15-16,20-21H,8H2. The van der Waals surface area contributed by atoms with Crippen molar-refractivity contribution in [2.45, 2.75) is 12.1 Å². The number of nitro groups is 3. The number of hydrogen-bond donors (Lipinski definition) is 3. The molecule has 0 fully saturated rings. The zero-order chi connectivity index (χ0) is 20.1. The molecule has 2 unspecified atom stereocenters. The quantitative estimate of drug-likeness (QED) is 0.456. The van der Waals surface area contributed by atoms with Gasteiger partial charge in [-0.3, -0.25) is 30.3 Å². The zero-order valence-corrected chi connectivity index (χ0v) is 13.6. The van der Waals surface area contributed by atoms with Crippen LogP contribution in [0.15, 0.2) is 42.5 Å². The lowest BCUT2D eigenvalue weighted by Crippen LogP contribution is -2.31. The van der Waals surface area contributed by atoms with Gasteiger partial charge in [0.2, 0.25) is 0 Å². The van der Waals surface area contributed by atoms with Gasteiger partial charge in [-0.2, -0.15) is 0 Å². The summed E-state index contributed by atoms with van der Waals surface area (Å²) in [6, 6.07) is 6.71. The predicted octanol–water partition coefficient (Wildman–Crippen LogP) is 1.92. The molecule has 0 bridgehead atoms. The highest BCUT2D eigenvalue weighted by atomic mass is 16.6. The van der Waals surface area contributed by atoms with Crippen molar-refractivity contribution >= 4 is 22.7 Å². The summed E-state index contributed by atoms with van der Waals surface area (Å²) in [6.07, 6.45) is -1.36. The molecule has 12 heteroatoms. The fourth-order valence-electron chi connectivity index (χ4n) is 2.36. The SMILES string of the molecule is O=[N+]([O-])c1ccc(C(O)C(CO)Nc2ccc([N+](=O)[O-])cc2[N+](=O)[O-])cc1. The van der Waals surface area contributed by atoms with Crippen molar-refractivity contribution in [1.82, 2.24) is 0 Å². The van der Waals surface area contributed by atoms with Crippen LogP contribution >= 0.6 is 0 Å². The van der Waals surface area contributed by atoms with Gasteiger partial charge in [-0.15, -0.1) is 0 Å². The summed E-state index contributed by atoms with van der Waals surface area (Å²) in [5.74, 6) is 0. The maximum absolute atomic E-state index is 11.2. The van der Waals surface area contributed by atoms with Gasteiger partial charge in [-0.05, 0) is 23.8 Å². The molecule has 0 aliphatic heterocycles. The fourth-order valence-corrected chi connectivity index (χ4v) is 2.36. The monoisotopic (exact) mass is 378 g/mol. The Labute approximate surface area is 151 Å². The number of aliphatic hydroxyl groups excluding tert-OH is 2. The highest BCUT2D eigenvalue weighted by Crippen LogP contribution is 2.31. The molecule has 0 amide bonds. The second-order valence-corrected chi connectivity index (χ2v) is 5.44. The third kappa shape index (κ3) is 4.50. The van der Waals surface area contributed by atoms with E-state index in [-0.39, 0.29) is 16.9 Å². The first-order chi connectivity index (χ1) is 12.7. The molecule has 0 saturated carbocycles. The van der Waals surface area contributed by atoms with Crippen LogP contribution in [-0.4, -0.2) is 37.6 Å². The van der Waals surface area contributed by atoms with Gasteiger partial charge in [0, 0.05) is 18.2 Å². The van der Waals surface area contributed by atoms with Gasteiger partial charge in [-0.1, -0.05) is 0 Å².